The fourth-order valence-electron chi connectivity index (χ4n) is 3.77. The molecule has 0 saturated heterocycles. The van der Waals surface area contributed by atoms with Gasteiger partial charge in [0.25, 0.3) is 0 Å². The van der Waals surface area contributed by atoms with E-state index < -0.39 is 11.4 Å². The fraction of sp³-hybridized carbons (Fsp3) is 0.167. The van der Waals surface area contributed by atoms with Gasteiger partial charge in [0.1, 0.15) is 5.56 Å². The molecule has 0 spiro atoms. The van der Waals surface area contributed by atoms with E-state index in [2.05, 4.69) is 11.5 Å². The molecule has 4 rings (SSSR count). The molecule has 1 aliphatic rings. The van der Waals surface area contributed by atoms with Gasteiger partial charge in [-0.3, -0.25) is 4.79 Å². The Morgan fingerprint density at radius 2 is 1.87 bits per heavy atom. The molecule has 6 nitrogen and oxygen atoms in total. The third kappa shape index (κ3) is 3.37. The number of aromatic carboxylic acids is 1. The Morgan fingerprint density at radius 3 is 2.50 bits per heavy atom. The predicted molar refractivity (Wildman–Crippen MR) is 116 cm³/mol. The highest BCUT2D eigenvalue weighted by Gasteiger charge is 2.26. The molecule has 0 fully saturated rings. The number of furan rings is 1. The monoisotopic (exact) mass is 402 g/mol. The molecular weight excluding hydrogens is 380 g/mol. The van der Waals surface area contributed by atoms with Crippen molar-refractivity contribution < 1.29 is 14.3 Å². The number of aryl methyl sites for hydroxylation is 1. The summed E-state index contributed by atoms with van der Waals surface area (Å²) in [6.07, 6.45) is 4.68. The number of fused-ring (bicyclic) bond motifs is 1. The molecule has 0 atom stereocenters. The minimum absolute atomic E-state index is 0.232. The number of likely N-dealkylation sites (N-methyl/N-ethyl adjacent to an activating group) is 1. The SMILES string of the molecule is C=C(/C(=C1/c2cc(=O)c(C(=O)O)cn2CCN1C)c1ccoc1)c1ccc(C)cc1. The third-order valence-electron chi connectivity index (χ3n) is 5.41. The average molecular weight is 402 g/mol. The Kier molecular flexibility index (Phi) is 4.91. The number of hydrogen-bond acceptors (Lipinski definition) is 4. The first-order valence-corrected chi connectivity index (χ1v) is 9.59. The number of allylic oxidation sites excluding steroid dienone is 2. The maximum absolute atomic E-state index is 12.5. The van der Waals surface area contributed by atoms with Crippen LogP contribution in [0, 0.1) is 6.92 Å². The summed E-state index contributed by atoms with van der Waals surface area (Å²) in [5.41, 5.74) is 5.29. The van der Waals surface area contributed by atoms with Gasteiger partial charge in [0.2, 0.25) is 0 Å². The van der Waals surface area contributed by atoms with Crippen LogP contribution in [0.3, 0.4) is 0 Å². The van der Waals surface area contributed by atoms with E-state index in [4.69, 9.17) is 4.42 Å². The molecule has 1 aliphatic heterocycles. The van der Waals surface area contributed by atoms with Gasteiger partial charge in [-0.1, -0.05) is 36.4 Å². The molecule has 3 aromatic rings. The Labute approximate surface area is 174 Å². The highest BCUT2D eigenvalue weighted by Crippen LogP contribution is 2.39. The summed E-state index contributed by atoms with van der Waals surface area (Å²) in [5, 5.41) is 9.34. The molecular formula is C24H22N2O4. The first-order chi connectivity index (χ1) is 14.4. The van der Waals surface area contributed by atoms with E-state index in [9.17, 15) is 14.7 Å². The van der Waals surface area contributed by atoms with Crippen LogP contribution in [0.5, 0.6) is 0 Å². The predicted octanol–water partition coefficient (Wildman–Crippen LogP) is 3.98. The molecule has 0 bridgehead atoms. The summed E-state index contributed by atoms with van der Waals surface area (Å²) in [6, 6.07) is 11.3. The molecule has 0 saturated carbocycles. The molecule has 0 radical (unpaired) electrons. The highest BCUT2D eigenvalue weighted by molar-refractivity contribution is 6.13. The molecule has 0 amide bonds. The summed E-state index contributed by atoms with van der Waals surface area (Å²) >= 11 is 0. The van der Waals surface area contributed by atoms with Crippen LogP contribution in [0.1, 0.15) is 32.7 Å². The lowest BCUT2D eigenvalue weighted by atomic mass is 9.90. The topological polar surface area (TPSA) is 75.7 Å². The van der Waals surface area contributed by atoms with E-state index in [1.54, 1.807) is 12.5 Å². The normalized spacial score (nSPS) is 14.9. The van der Waals surface area contributed by atoms with Crippen LogP contribution >= 0.6 is 0 Å². The smallest absolute Gasteiger partial charge is 0.341 e. The average Bonchev–Trinajstić information content (AvgIpc) is 3.24. The molecule has 3 heterocycles. The van der Waals surface area contributed by atoms with E-state index in [0.717, 1.165) is 33.5 Å². The van der Waals surface area contributed by atoms with Gasteiger partial charge in [0.05, 0.1) is 23.9 Å². The third-order valence-corrected chi connectivity index (χ3v) is 5.41. The lowest BCUT2D eigenvalue weighted by Crippen LogP contribution is -2.33. The van der Waals surface area contributed by atoms with Gasteiger partial charge in [-0.05, 0) is 24.1 Å². The summed E-state index contributed by atoms with van der Waals surface area (Å²) < 4.78 is 7.17. The van der Waals surface area contributed by atoms with Gasteiger partial charge < -0.3 is 19.0 Å². The van der Waals surface area contributed by atoms with Crippen molar-refractivity contribution in [1.29, 1.82) is 0 Å². The minimum Gasteiger partial charge on any atom is -0.477 e. The first-order valence-electron chi connectivity index (χ1n) is 9.59. The van der Waals surface area contributed by atoms with Gasteiger partial charge in [0, 0.05) is 43.5 Å². The van der Waals surface area contributed by atoms with Crippen molar-refractivity contribution in [1.82, 2.24) is 9.47 Å². The summed E-state index contributed by atoms with van der Waals surface area (Å²) in [5.74, 6) is -1.22. The number of carboxylic acid groups (broad SMARTS) is 1. The molecule has 1 aromatic carbocycles. The van der Waals surface area contributed by atoms with Gasteiger partial charge >= 0.3 is 5.97 Å². The standard InChI is InChI=1S/C24H22N2O4/c1-15-4-6-17(7-5-15)16(2)22(18-8-11-30-14-18)23-20-12-21(27)19(24(28)29)13-26(20)10-9-25(23)3/h4-8,11-14H,2,9-10H2,1,3H3,(H,28,29)/b23-22+. The van der Waals surface area contributed by atoms with E-state index in [-0.39, 0.29) is 5.56 Å². The molecule has 0 aliphatic carbocycles. The zero-order valence-corrected chi connectivity index (χ0v) is 16.9. The molecule has 2 aromatic heterocycles. The second-order valence-electron chi connectivity index (χ2n) is 7.44. The summed E-state index contributed by atoms with van der Waals surface area (Å²) in [7, 11) is 1.96. The van der Waals surface area contributed by atoms with Crippen LogP contribution in [0.25, 0.3) is 16.8 Å². The van der Waals surface area contributed by atoms with Gasteiger partial charge in [-0.15, -0.1) is 0 Å². The number of hydrogen-bond donors (Lipinski definition) is 1. The highest BCUT2D eigenvalue weighted by atomic mass is 16.4. The number of aromatic nitrogens is 1. The number of nitrogens with zero attached hydrogens (tertiary/aromatic N) is 2. The van der Waals surface area contributed by atoms with Crippen LogP contribution in [0.15, 0.2) is 70.9 Å². The van der Waals surface area contributed by atoms with Gasteiger partial charge in [0.15, 0.2) is 5.43 Å². The van der Waals surface area contributed by atoms with E-state index in [1.807, 2.05) is 48.9 Å². The Hall–Kier alpha value is -3.80. The lowest BCUT2D eigenvalue weighted by Gasteiger charge is -2.34. The largest absolute Gasteiger partial charge is 0.477 e. The first kappa shape index (κ1) is 19.5. The number of pyridine rings is 1. The van der Waals surface area contributed by atoms with Crippen LogP contribution in [-0.2, 0) is 6.54 Å². The summed E-state index contributed by atoms with van der Waals surface area (Å²) in [6.45, 7) is 7.62. The minimum atomic E-state index is -1.22. The number of rotatable bonds is 4. The van der Waals surface area contributed by atoms with Crippen molar-refractivity contribution in [3.05, 3.63) is 99.9 Å². The fourth-order valence-corrected chi connectivity index (χ4v) is 3.77. The van der Waals surface area contributed by atoms with Gasteiger partial charge in [-0.2, -0.15) is 0 Å². The maximum Gasteiger partial charge on any atom is 0.341 e. The summed E-state index contributed by atoms with van der Waals surface area (Å²) in [4.78, 5) is 26.0. The molecule has 1 N–H and O–H groups in total. The molecule has 6 heteroatoms. The number of carboxylic acids is 1. The van der Waals surface area contributed by atoms with Crippen molar-refractivity contribution >= 4 is 22.8 Å². The van der Waals surface area contributed by atoms with Crippen molar-refractivity contribution in [3.63, 3.8) is 0 Å². The lowest BCUT2D eigenvalue weighted by molar-refractivity contribution is 0.0694. The number of benzene rings is 1. The van der Waals surface area contributed by atoms with Crippen molar-refractivity contribution in [2.75, 3.05) is 13.6 Å². The quantitative estimate of drug-likeness (QED) is 0.715. The van der Waals surface area contributed by atoms with Crippen LogP contribution in [0.2, 0.25) is 0 Å². The Bertz CT molecular complexity index is 1220. The zero-order chi connectivity index (χ0) is 21.4. The second-order valence-corrected chi connectivity index (χ2v) is 7.44. The van der Waals surface area contributed by atoms with Crippen LogP contribution in [-0.4, -0.2) is 34.1 Å². The van der Waals surface area contributed by atoms with E-state index in [1.165, 1.54) is 12.3 Å². The molecule has 30 heavy (non-hydrogen) atoms. The second kappa shape index (κ2) is 7.55. The van der Waals surface area contributed by atoms with Crippen molar-refractivity contribution in [2.45, 2.75) is 13.5 Å². The Balaban J connectivity index is 2.00. The van der Waals surface area contributed by atoms with Crippen LogP contribution < -0.4 is 5.43 Å². The zero-order valence-electron chi connectivity index (χ0n) is 16.9. The maximum atomic E-state index is 12.5. The van der Waals surface area contributed by atoms with Crippen molar-refractivity contribution in [2.24, 2.45) is 0 Å². The Morgan fingerprint density at radius 1 is 1.13 bits per heavy atom. The molecule has 152 valence electrons. The van der Waals surface area contributed by atoms with Crippen molar-refractivity contribution in [3.8, 4) is 0 Å². The molecule has 0 unspecified atom stereocenters. The van der Waals surface area contributed by atoms with E-state index in [0.29, 0.717) is 18.8 Å². The van der Waals surface area contributed by atoms with E-state index >= 15 is 0 Å². The van der Waals surface area contributed by atoms with Crippen LogP contribution in [0.4, 0.5) is 0 Å². The number of carbonyl (C=O) groups is 1. The van der Waals surface area contributed by atoms with Gasteiger partial charge in [-0.25, -0.2) is 4.79 Å².